The number of nitrogens with two attached hydrogens (primary N) is 1. The topological polar surface area (TPSA) is 72.5 Å². The molecule has 0 bridgehead atoms. The molecule has 1 saturated carbocycles. The molecular formula is C9H18ClNO3. The summed E-state index contributed by atoms with van der Waals surface area (Å²) in [4.78, 5) is 10.8. The lowest BCUT2D eigenvalue weighted by Crippen LogP contribution is -2.53. The predicted octanol–water partition coefficient (Wildman–Crippen LogP) is 1.17. The minimum absolute atomic E-state index is 0. The molecule has 0 aliphatic heterocycles. The first-order chi connectivity index (χ1) is 5.92. The summed E-state index contributed by atoms with van der Waals surface area (Å²) in [7, 11) is 1.66. The van der Waals surface area contributed by atoms with Crippen LogP contribution in [-0.2, 0) is 9.53 Å². The molecule has 0 saturated heterocycles. The summed E-state index contributed by atoms with van der Waals surface area (Å²) in [6, 6.07) is 0. The van der Waals surface area contributed by atoms with E-state index in [2.05, 4.69) is 0 Å². The largest absolute Gasteiger partial charge is 0.480 e. The highest BCUT2D eigenvalue weighted by Crippen LogP contribution is 2.35. The van der Waals surface area contributed by atoms with E-state index in [1.165, 1.54) is 0 Å². The monoisotopic (exact) mass is 223 g/mol. The molecule has 84 valence electrons. The van der Waals surface area contributed by atoms with Crippen molar-refractivity contribution in [3.63, 3.8) is 0 Å². The number of carbonyl (C=O) groups is 1. The van der Waals surface area contributed by atoms with Crippen molar-refractivity contribution in [2.75, 3.05) is 7.11 Å². The number of halogens is 1. The van der Waals surface area contributed by atoms with Gasteiger partial charge < -0.3 is 15.6 Å². The van der Waals surface area contributed by atoms with E-state index in [1.54, 1.807) is 7.11 Å². The average Bonchev–Trinajstić information content (AvgIpc) is 2.11. The van der Waals surface area contributed by atoms with E-state index < -0.39 is 11.5 Å². The molecule has 0 spiro atoms. The molecule has 1 aliphatic carbocycles. The number of hydrogen-bond donors (Lipinski definition) is 2. The van der Waals surface area contributed by atoms with Gasteiger partial charge in [-0.2, -0.15) is 0 Å². The summed E-state index contributed by atoms with van der Waals surface area (Å²) in [6.45, 7) is 1.99. The number of carboxylic acids is 1. The summed E-state index contributed by atoms with van der Waals surface area (Å²) < 4.78 is 5.30. The van der Waals surface area contributed by atoms with Crippen LogP contribution in [-0.4, -0.2) is 29.3 Å². The first-order valence-corrected chi connectivity index (χ1v) is 4.49. The van der Waals surface area contributed by atoms with Crippen molar-refractivity contribution in [2.45, 2.75) is 43.7 Å². The molecular weight excluding hydrogens is 206 g/mol. The molecule has 14 heavy (non-hydrogen) atoms. The number of aliphatic carboxylic acids is 1. The summed E-state index contributed by atoms with van der Waals surface area (Å²) >= 11 is 0. The Balaban J connectivity index is 0.00000169. The first-order valence-electron chi connectivity index (χ1n) is 4.49. The van der Waals surface area contributed by atoms with Crippen LogP contribution in [0.3, 0.4) is 0 Å². The van der Waals surface area contributed by atoms with Gasteiger partial charge in [-0.1, -0.05) is 0 Å². The van der Waals surface area contributed by atoms with Crippen LogP contribution >= 0.6 is 12.4 Å². The Morgan fingerprint density at radius 1 is 1.36 bits per heavy atom. The van der Waals surface area contributed by atoms with Gasteiger partial charge in [0.2, 0.25) is 0 Å². The summed E-state index contributed by atoms with van der Waals surface area (Å²) in [5, 5.41) is 8.87. The van der Waals surface area contributed by atoms with E-state index in [9.17, 15) is 4.79 Å². The smallest absolute Gasteiger partial charge is 0.323 e. The summed E-state index contributed by atoms with van der Waals surface area (Å²) in [6.07, 6.45) is 2.41. The third-order valence-electron chi connectivity index (χ3n) is 3.12. The Labute approximate surface area is 90.2 Å². The maximum absolute atomic E-state index is 10.8. The maximum Gasteiger partial charge on any atom is 0.323 e. The fraction of sp³-hybridized carbons (Fsp3) is 0.889. The Hall–Kier alpha value is -0.320. The van der Waals surface area contributed by atoms with E-state index in [0.717, 1.165) is 0 Å². The van der Waals surface area contributed by atoms with Gasteiger partial charge in [-0.15, -0.1) is 12.4 Å². The molecule has 0 aromatic rings. The SMILES string of the molecule is COC1(C)CCC(N)(C(=O)O)CC1.Cl. The molecule has 0 atom stereocenters. The highest BCUT2D eigenvalue weighted by Gasteiger charge is 2.42. The lowest BCUT2D eigenvalue weighted by atomic mass is 9.75. The van der Waals surface area contributed by atoms with Gasteiger partial charge in [0.1, 0.15) is 5.54 Å². The molecule has 1 fully saturated rings. The van der Waals surface area contributed by atoms with Crippen LogP contribution in [0.2, 0.25) is 0 Å². The van der Waals surface area contributed by atoms with Gasteiger partial charge >= 0.3 is 5.97 Å². The zero-order valence-electron chi connectivity index (χ0n) is 8.58. The molecule has 0 aromatic heterocycles. The van der Waals surface area contributed by atoms with Crippen LogP contribution in [0.5, 0.6) is 0 Å². The zero-order chi connectivity index (χ0) is 10.1. The van der Waals surface area contributed by atoms with Gasteiger partial charge in [0.25, 0.3) is 0 Å². The lowest BCUT2D eigenvalue weighted by molar-refractivity contribution is -0.147. The van der Waals surface area contributed by atoms with Crippen LogP contribution in [0.15, 0.2) is 0 Å². The van der Waals surface area contributed by atoms with Gasteiger partial charge in [-0.25, -0.2) is 0 Å². The van der Waals surface area contributed by atoms with Crippen LogP contribution in [0.25, 0.3) is 0 Å². The molecule has 0 amide bonds. The minimum atomic E-state index is -1.03. The van der Waals surface area contributed by atoms with Gasteiger partial charge in [0, 0.05) is 7.11 Å². The normalized spacial score (nSPS) is 37.4. The van der Waals surface area contributed by atoms with Crippen molar-refractivity contribution in [3.8, 4) is 0 Å². The Kier molecular flexibility index (Phi) is 4.36. The molecule has 1 rings (SSSR count). The van der Waals surface area contributed by atoms with Crippen LogP contribution < -0.4 is 5.73 Å². The van der Waals surface area contributed by atoms with Crippen LogP contribution in [0, 0.1) is 0 Å². The molecule has 0 radical (unpaired) electrons. The number of hydrogen-bond acceptors (Lipinski definition) is 3. The van der Waals surface area contributed by atoms with Crippen molar-refractivity contribution >= 4 is 18.4 Å². The quantitative estimate of drug-likeness (QED) is 0.737. The number of rotatable bonds is 2. The molecule has 0 unspecified atom stereocenters. The molecule has 1 aliphatic rings. The van der Waals surface area contributed by atoms with E-state index in [-0.39, 0.29) is 18.0 Å². The van der Waals surface area contributed by atoms with Crippen LogP contribution in [0.4, 0.5) is 0 Å². The maximum atomic E-state index is 10.8. The Bertz CT molecular complexity index is 212. The van der Waals surface area contributed by atoms with E-state index in [1.807, 2.05) is 6.92 Å². The number of ether oxygens (including phenoxy) is 1. The molecule has 0 aromatic carbocycles. The molecule has 5 heteroatoms. The predicted molar refractivity (Wildman–Crippen MR) is 55.7 cm³/mol. The van der Waals surface area contributed by atoms with Gasteiger partial charge in [0.05, 0.1) is 5.60 Å². The van der Waals surface area contributed by atoms with E-state index in [4.69, 9.17) is 15.6 Å². The Morgan fingerprint density at radius 3 is 2.07 bits per heavy atom. The van der Waals surface area contributed by atoms with Crippen molar-refractivity contribution in [3.05, 3.63) is 0 Å². The highest BCUT2D eigenvalue weighted by atomic mass is 35.5. The van der Waals surface area contributed by atoms with Gasteiger partial charge in [-0.05, 0) is 32.6 Å². The molecule has 3 N–H and O–H groups in total. The lowest BCUT2D eigenvalue weighted by Gasteiger charge is -2.39. The third kappa shape index (κ3) is 2.59. The second kappa shape index (κ2) is 4.47. The third-order valence-corrected chi connectivity index (χ3v) is 3.12. The van der Waals surface area contributed by atoms with E-state index >= 15 is 0 Å². The summed E-state index contributed by atoms with van der Waals surface area (Å²) in [5.41, 5.74) is 4.51. The molecule has 4 nitrogen and oxygen atoms in total. The van der Waals surface area contributed by atoms with Crippen molar-refractivity contribution in [1.29, 1.82) is 0 Å². The average molecular weight is 224 g/mol. The van der Waals surface area contributed by atoms with E-state index in [0.29, 0.717) is 25.7 Å². The van der Waals surface area contributed by atoms with Gasteiger partial charge in [-0.3, -0.25) is 4.79 Å². The number of methoxy groups -OCH3 is 1. The van der Waals surface area contributed by atoms with Crippen LogP contribution in [0.1, 0.15) is 32.6 Å². The first kappa shape index (κ1) is 13.7. The zero-order valence-corrected chi connectivity index (χ0v) is 9.39. The molecule has 0 heterocycles. The van der Waals surface area contributed by atoms with Crippen molar-refractivity contribution in [2.24, 2.45) is 5.73 Å². The standard InChI is InChI=1S/C9H17NO3.ClH/c1-8(13-2)3-5-9(10,6-4-8)7(11)12;/h3-6,10H2,1-2H3,(H,11,12);1H. The second-order valence-corrected chi connectivity index (χ2v) is 4.12. The minimum Gasteiger partial charge on any atom is -0.480 e. The fourth-order valence-corrected chi connectivity index (χ4v) is 1.64. The van der Waals surface area contributed by atoms with Crippen molar-refractivity contribution in [1.82, 2.24) is 0 Å². The van der Waals surface area contributed by atoms with Crippen molar-refractivity contribution < 1.29 is 14.6 Å². The second-order valence-electron chi connectivity index (χ2n) is 4.12. The number of carboxylic acid groups (broad SMARTS) is 1. The van der Waals surface area contributed by atoms with Gasteiger partial charge in [0.15, 0.2) is 0 Å². The summed E-state index contributed by atoms with van der Waals surface area (Å²) in [5.74, 6) is -0.898. The fourth-order valence-electron chi connectivity index (χ4n) is 1.64. The highest BCUT2D eigenvalue weighted by molar-refractivity contribution is 5.85. The Morgan fingerprint density at radius 2 is 1.79 bits per heavy atom.